The largest absolute Gasteiger partial charge is 0.361 e. The van der Waals surface area contributed by atoms with Crippen LogP contribution in [0, 0.1) is 0 Å². The summed E-state index contributed by atoms with van der Waals surface area (Å²) in [6.45, 7) is 1.87. The smallest absolute Gasteiger partial charge is 0.244 e. The predicted octanol–water partition coefficient (Wildman–Crippen LogP) is 1.23. The van der Waals surface area contributed by atoms with Crippen molar-refractivity contribution < 1.29 is 0 Å². The minimum absolute atomic E-state index is 0.159. The summed E-state index contributed by atoms with van der Waals surface area (Å²) in [6.07, 6.45) is 0. The number of aromatic amines is 1. The lowest BCUT2D eigenvalue weighted by Gasteiger charge is -2.09. The molecule has 0 aliphatic rings. The number of nitrogens with zero attached hydrogens (tertiary/aromatic N) is 3. The van der Waals surface area contributed by atoms with Crippen LogP contribution in [0.3, 0.4) is 0 Å². The Hall–Kier alpha value is -1.62. The summed E-state index contributed by atoms with van der Waals surface area (Å²) in [7, 11) is 0. The van der Waals surface area contributed by atoms with Crippen LogP contribution in [-0.2, 0) is 0 Å². The van der Waals surface area contributed by atoms with Crippen LogP contribution in [0.5, 0.6) is 0 Å². The summed E-state index contributed by atoms with van der Waals surface area (Å²) in [4.78, 5) is 11.3. The van der Waals surface area contributed by atoms with Crippen LogP contribution in [-0.4, -0.2) is 20.2 Å². The summed E-state index contributed by atoms with van der Waals surface area (Å²) >= 11 is 5.77. The van der Waals surface area contributed by atoms with Crippen molar-refractivity contribution in [2.45, 2.75) is 13.0 Å². The average Bonchev–Trinajstić information content (AvgIpc) is 2.65. The lowest BCUT2D eigenvalue weighted by Crippen LogP contribution is -2.22. The normalized spacial score (nSPS) is 12.7. The molecule has 0 spiro atoms. The fraction of sp³-hybridized carbons (Fsp3) is 0.222. The van der Waals surface area contributed by atoms with E-state index in [0.29, 0.717) is 5.02 Å². The van der Waals surface area contributed by atoms with E-state index in [9.17, 15) is 4.79 Å². The number of hydrogen-bond acceptors (Lipinski definition) is 3. The van der Waals surface area contributed by atoms with Gasteiger partial charge in [-0.25, -0.2) is 9.89 Å². The van der Waals surface area contributed by atoms with Gasteiger partial charge in [-0.2, -0.15) is 4.68 Å². The summed E-state index contributed by atoms with van der Waals surface area (Å²) in [5.41, 5.74) is 0.632. The highest BCUT2D eigenvalue weighted by Gasteiger charge is 2.11. The first-order valence-electron chi connectivity index (χ1n) is 4.44. The molecule has 0 amide bonds. The van der Waals surface area contributed by atoms with E-state index in [0.717, 1.165) is 5.56 Å². The Morgan fingerprint density at radius 1 is 1.40 bits per heavy atom. The van der Waals surface area contributed by atoms with Crippen molar-refractivity contribution in [2.75, 3.05) is 0 Å². The molecule has 5 nitrogen and oxygen atoms in total. The topological polar surface area (TPSA) is 63.6 Å². The Labute approximate surface area is 90.7 Å². The van der Waals surface area contributed by atoms with Crippen molar-refractivity contribution in [3.05, 3.63) is 45.3 Å². The van der Waals surface area contributed by atoms with Gasteiger partial charge < -0.3 is 0 Å². The van der Waals surface area contributed by atoms with Crippen LogP contribution in [0.4, 0.5) is 0 Å². The number of tetrazole rings is 1. The van der Waals surface area contributed by atoms with Gasteiger partial charge in [-0.3, -0.25) is 0 Å². The maximum Gasteiger partial charge on any atom is 0.361 e. The maximum absolute atomic E-state index is 11.3. The molecule has 2 aromatic rings. The second kappa shape index (κ2) is 3.86. The van der Waals surface area contributed by atoms with Crippen LogP contribution in [0.15, 0.2) is 29.1 Å². The number of nitrogens with one attached hydrogen (secondary N) is 1. The Morgan fingerprint density at radius 2 is 2.07 bits per heavy atom. The highest BCUT2D eigenvalue weighted by molar-refractivity contribution is 6.30. The first-order valence-corrected chi connectivity index (χ1v) is 4.81. The van der Waals surface area contributed by atoms with Crippen molar-refractivity contribution in [2.24, 2.45) is 0 Å². The van der Waals surface area contributed by atoms with Gasteiger partial charge in [-0.15, -0.1) is 0 Å². The number of aromatic nitrogens is 4. The number of H-pyrrole nitrogens is 1. The van der Waals surface area contributed by atoms with Gasteiger partial charge in [0.1, 0.15) is 0 Å². The van der Waals surface area contributed by atoms with Crippen LogP contribution < -0.4 is 5.69 Å². The van der Waals surface area contributed by atoms with Gasteiger partial charge in [0.25, 0.3) is 0 Å². The third-order valence-electron chi connectivity index (χ3n) is 2.21. The molecule has 1 N–H and O–H groups in total. The number of rotatable bonds is 2. The van der Waals surface area contributed by atoms with E-state index in [1.54, 1.807) is 12.1 Å². The molecule has 1 aromatic heterocycles. The molecule has 0 bridgehead atoms. The molecule has 0 fully saturated rings. The highest BCUT2D eigenvalue weighted by atomic mass is 35.5. The van der Waals surface area contributed by atoms with Crippen LogP contribution >= 0.6 is 11.6 Å². The van der Waals surface area contributed by atoms with Crippen molar-refractivity contribution in [1.29, 1.82) is 0 Å². The average molecular weight is 225 g/mol. The molecule has 1 atom stereocenters. The first kappa shape index (κ1) is 9.92. The van der Waals surface area contributed by atoms with Gasteiger partial charge >= 0.3 is 5.69 Å². The Morgan fingerprint density at radius 3 is 2.60 bits per heavy atom. The van der Waals surface area contributed by atoms with Crippen molar-refractivity contribution in [3.8, 4) is 0 Å². The predicted molar refractivity (Wildman–Crippen MR) is 55.9 cm³/mol. The van der Waals surface area contributed by atoms with Crippen LogP contribution in [0.1, 0.15) is 18.5 Å². The molecule has 2 rings (SSSR count). The SMILES string of the molecule is CC(c1ccc(Cl)cc1)n1nn[nH]c1=O. The molecule has 0 aliphatic carbocycles. The van der Waals surface area contributed by atoms with E-state index in [1.165, 1.54) is 4.68 Å². The zero-order valence-electron chi connectivity index (χ0n) is 8.01. The van der Waals surface area contributed by atoms with E-state index >= 15 is 0 Å². The van der Waals surface area contributed by atoms with E-state index in [1.807, 2.05) is 19.1 Å². The third-order valence-corrected chi connectivity index (χ3v) is 2.47. The number of hydrogen-bond donors (Lipinski definition) is 1. The van der Waals surface area contributed by atoms with E-state index < -0.39 is 0 Å². The fourth-order valence-electron chi connectivity index (χ4n) is 1.34. The van der Waals surface area contributed by atoms with Crippen molar-refractivity contribution >= 4 is 11.6 Å². The van der Waals surface area contributed by atoms with Gasteiger partial charge in [0, 0.05) is 5.02 Å². The van der Waals surface area contributed by atoms with Crippen LogP contribution in [0.25, 0.3) is 0 Å². The van der Waals surface area contributed by atoms with Crippen LogP contribution in [0.2, 0.25) is 5.02 Å². The molecule has 78 valence electrons. The lowest BCUT2D eigenvalue weighted by atomic mass is 10.1. The van der Waals surface area contributed by atoms with Gasteiger partial charge in [0.2, 0.25) is 0 Å². The van der Waals surface area contributed by atoms with E-state index in [-0.39, 0.29) is 11.7 Å². The Balaban J connectivity index is 2.36. The molecule has 0 radical (unpaired) electrons. The molecule has 0 saturated carbocycles. The van der Waals surface area contributed by atoms with Gasteiger partial charge in [-0.05, 0) is 35.0 Å². The molecule has 1 heterocycles. The molecule has 0 saturated heterocycles. The van der Waals surface area contributed by atoms with Gasteiger partial charge in [0.05, 0.1) is 6.04 Å². The second-order valence-corrected chi connectivity index (χ2v) is 3.61. The molecule has 6 heteroatoms. The molecular weight excluding hydrogens is 216 g/mol. The Kier molecular flexibility index (Phi) is 2.55. The van der Waals surface area contributed by atoms with E-state index in [2.05, 4.69) is 15.5 Å². The molecule has 0 aliphatic heterocycles. The highest BCUT2D eigenvalue weighted by Crippen LogP contribution is 2.17. The van der Waals surface area contributed by atoms with Crippen molar-refractivity contribution in [3.63, 3.8) is 0 Å². The lowest BCUT2D eigenvalue weighted by molar-refractivity contribution is 0.528. The monoisotopic (exact) mass is 224 g/mol. The van der Waals surface area contributed by atoms with E-state index in [4.69, 9.17) is 11.6 Å². The molecule has 1 unspecified atom stereocenters. The third kappa shape index (κ3) is 1.92. The minimum atomic E-state index is -0.322. The zero-order valence-corrected chi connectivity index (χ0v) is 8.77. The zero-order chi connectivity index (χ0) is 10.8. The molecule has 15 heavy (non-hydrogen) atoms. The summed E-state index contributed by atoms with van der Waals surface area (Å²) in [5, 5.41) is 10.0. The first-order chi connectivity index (χ1) is 7.18. The molecule has 1 aromatic carbocycles. The minimum Gasteiger partial charge on any atom is -0.244 e. The Bertz CT molecular complexity index is 501. The van der Waals surface area contributed by atoms with Gasteiger partial charge in [-0.1, -0.05) is 23.7 Å². The summed E-state index contributed by atoms with van der Waals surface area (Å²) < 4.78 is 1.28. The standard InChI is InChI=1S/C9H9ClN4O/c1-6(14-9(15)11-12-13-14)7-2-4-8(10)5-3-7/h2-6H,1H3,(H,11,13,15). The maximum atomic E-state index is 11.3. The van der Waals surface area contributed by atoms with Gasteiger partial charge in [0.15, 0.2) is 0 Å². The summed E-state index contributed by atoms with van der Waals surface area (Å²) in [5.74, 6) is 0. The quantitative estimate of drug-likeness (QED) is 0.835. The number of halogens is 1. The second-order valence-electron chi connectivity index (χ2n) is 3.18. The fourth-order valence-corrected chi connectivity index (χ4v) is 1.47. The summed E-state index contributed by atoms with van der Waals surface area (Å²) in [6, 6.07) is 7.10. The molecular formula is C9H9ClN4O. The van der Waals surface area contributed by atoms with Crippen molar-refractivity contribution in [1.82, 2.24) is 20.2 Å². The number of benzene rings is 1.